The van der Waals surface area contributed by atoms with Gasteiger partial charge in [-0.25, -0.2) is 0 Å². The van der Waals surface area contributed by atoms with E-state index in [1.54, 1.807) is 18.2 Å². The van der Waals surface area contributed by atoms with Crippen LogP contribution in [0.15, 0.2) is 36.5 Å². The molecule has 0 aliphatic carbocycles. The molecule has 0 amide bonds. The molecular weight excluding hydrogens is 271 g/mol. The van der Waals surface area contributed by atoms with Crippen LogP contribution in [0.1, 0.15) is 18.4 Å². The average Bonchev–Trinajstić information content (AvgIpc) is 2.37. The lowest BCUT2D eigenvalue weighted by molar-refractivity contribution is -0.183. The van der Waals surface area contributed by atoms with Crippen molar-refractivity contribution in [1.82, 2.24) is 4.98 Å². The molecule has 1 aromatic heterocycles. The number of carboxylic acids is 1. The van der Waals surface area contributed by atoms with Gasteiger partial charge in [0.2, 0.25) is 0 Å². The molecule has 0 bridgehead atoms. The highest BCUT2D eigenvalue weighted by molar-refractivity contribution is 5.82. The van der Waals surface area contributed by atoms with Crippen molar-refractivity contribution >= 4 is 16.9 Å². The highest BCUT2D eigenvalue weighted by Gasteiger charge is 2.45. The fraction of sp³-hybridized carbons (Fsp3) is 0.286. The highest BCUT2D eigenvalue weighted by atomic mass is 19.4. The quantitative estimate of drug-likeness (QED) is 0.936. The maximum atomic E-state index is 12.8. The number of hydrogen-bond acceptors (Lipinski definition) is 2. The Balaban J connectivity index is 2.49. The van der Waals surface area contributed by atoms with Crippen LogP contribution in [0.2, 0.25) is 0 Å². The lowest BCUT2D eigenvalue weighted by atomic mass is 9.86. The number of alkyl halides is 3. The van der Waals surface area contributed by atoms with Crippen molar-refractivity contribution in [1.29, 1.82) is 0 Å². The maximum absolute atomic E-state index is 12.8. The number of aromatic nitrogens is 1. The Bertz CT molecular complexity index is 640. The summed E-state index contributed by atoms with van der Waals surface area (Å²) in [4.78, 5) is 15.2. The van der Waals surface area contributed by atoms with Gasteiger partial charge >= 0.3 is 12.1 Å². The van der Waals surface area contributed by atoms with E-state index >= 15 is 0 Å². The summed E-state index contributed by atoms with van der Waals surface area (Å²) in [6.07, 6.45) is -3.06. The van der Waals surface area contributed by atoms with Crippen LogP contribution >= 0.6 is 0 Å². The van der Waals surface area contributed by atoms with Gasteiger partial charge in [-0.05, 0) is 17.7 Å². The largest absolute Gasteiger partial charge is 0.481 e. The van der Waals surface area contributed by atoms with Crippen LogP contribution in [0.25, 0.3) is 10.9 Å². The Morgan fingerprint density at radius 2 is 2.00 bits per heavy atom. The van der Waals surface area contributed by atoms with Crippen molar-refractivity contribution in [2.24, 2.45) is 5.92 Å². The summed E-state index contributed by atoms with van der Waals surface area (Å²) in [5.74, 6) is -5.10. The summed E-state index contributed by atoms with van der Waals surface area (Å²) in [6.45, 7) is 0.876. The van der Waals surface area contributed by atoms with Crippen molar-refractivity contribution < 1.29 is 23.1 Å². The van der Waals surface area contributed by atoms with Gasteiger partial charge in [0, 0.05) is 11.6 Å². The molecule has 0 unspecified atom stereocenters. The first-order valence-corrected chi connectivity index (χ1v) is 5.95. The fourth-order valence-electron chi connectivity index (χ4n) is 2.11. The molecule has 1 heterocycles. The Hall–Kier alpha value is -2.11. The average molecular weight is 283 g/mol. The Morgan fingerprint density at radius 3 is 2.60 bits per heavy atom. The van der Waals surface area contributed by atoms with Crippen molar-refractivity contribution in [2.45, 2.75) is 19.0 Å². The lowest BCUT2D eigenvalue weighted by Gasteiger charge is -2.23. The normalized spacial score (nSPS) is 15.0. The van der Waals surface area contributed by atoms with E-state index in [2.05, 4.69) is 4.98 Å². The van der Waals surface area contributed by atoms with Crippen molar-refractivity contribution in [3.8, 4) is 0 Å². The second kappa shape index (κ2) is 5.11. The van der Waals surface area contributed by atoms with Crippen molar-refractivity contribution in [3.63, 3.8) is 0 Å². The molecule has 2 rings (SSSR count). The van der Waals surface area contributed by atoms with Crippen LogP contribution < -0.4 is 0 Å². The molecule has 2 aromatic rings. The fourth-order valence-corrected chi connectivity index (χ4v) is 2.11. The molecule has 3 nitrogen and oxygen atoms in total. The zero-order valence-corrected chi connectivity index (χ0v) is 10.6. The summed E-state index contributed by atoms with van der Waals surface area (Å²) in [7, 11) is 0. The molecule has 0 aliphatic rings. The molecule has 1 aromatic carbocycles. The summed E-state index contributed by atoms with van der Waals surface area (Å²) in [5.41, 5.74) is 0.583. The van der Waals surface area contributed by atoms with Gasteiger partial charge in [0.25, 0.3) is 0 Å². The van der Waals surface area contributed by atoms with E-state index in [1.807, 2.05) is 0 Å². The van der Waals surface area contributed by atoms with E-state index in [0.29, 0.717) is 5.52 Å². The zero-order valence-electron chi connectivity index (χ0n) is 10.6. The molecule has 1 N–H and O–H groups in total. The number of halogens is 3. The minimum atomic E-state index is -4.57. The van der Waals surface area contributed by atoms with Gasteiger partial charge in [-0.1, -0.05) is 25.1 Å². The van der Waals surface area contributed by atoms with Gasteiger partial charge in [0.15, 0.2) is 0 Å². The summed E-state index contributed by atoms with van der Waals surface area (Å²) >= 11 is 0. The molecule has 0 fully saturated rings. The molecule has 2 atom stereocenters. The third-order valence-corrected chi connectivity index (χ3v) is 3.27. The Labute approximate surface area is 113 Å². The third-order valence-electron chi connectivity index (χ3n) is 3.27. The molecule has 0 saturated heterocycles. The smallest absolute Gasteiger partial charge is 0.392 e. The number of fused-ring (bicyclic) bond motifs is 1. The number of rotatable bonds is 3. The zero-order chi connectivity index (χ0) is 14.9. The highest BCUT2D eigenvalue weighted by Crippen LogP contribution is 2.38. The van der Waals surface area contributed by atoms with E-state index in [9.17, 15) is 18.0 Å². The van der Waals surface area contributed by atoms with Crippen LogP contribution in [0.3, 0.4) is 0 Å². The predicted molar refractivity (Wildman–Crippen MR) is 67.3 cm³/mol. The van der Waals surface area contributed by atoms with E-state index in [1.165, 1.54) is 18.3 Å². The third kappa shape index (κ3) is 2.74. The van der Waals surface area contributed by atoms with Crippen molar-refractivity contribution in [3.05, 3.63) is 42.1 Å². The van der Waals surface area contributed by atoms with Crippen LogP contribution in [0.4, 0.5) is 13.2 Å². The van der Waals surface area contributed by atoms with E-state index < -0.39 is 24.0 Å². The van der Waals surface area contributed by atoms with Crippen LogP contribution in [0.5, 0.6) is 0 Å². The molecule has 106 valence electrons. The van der Waals surface area contributed by atoms with Crippen LogP contribution in [-0.4, -0.2) is 22.2 Å². The van der Waals surface area contributed by atoms with Crippen LogP contribution in [0, 0.1) is 5.92 Å². The molecule has 0 radical (unpaired) electrons. The molecular formula is C14H12F3NO2. The van der Waals surface area contributed by atoms with E-state index in [-0.39, 0.29) is 5.56 Å². The Kier molecular flexibility index (Phi) is 3.65. The topological polar surface area (TPSA) is 50.2 Å². The molecule has 6 heteroatoms. The van der Waals surface area contributed by atoms with Gasteiger partial charge in [-0.2, -0.15) is 13.2 Å². The minimum Gasteiger partial charge on any atom is -0.481 e. The number of pyridine rings is 1. The van der Waals surface area contributed by atoms with Gasteiger partial charge < -0.3 is 5.11 Å². The lowest BCUT2D eigenvalue weighted by Crippen LogP contribution is -2.31. The summed E-state index contributed by atoms with van der Waals surface area (Å²) < 4.78 is 38.3. The van der Waals surface area contributed by atoms with Gasteiger partial charge in [-0.3, -0.25) is 9.78 Å². The number of carboxylic acid groups (broad SMARTS) is 1. The monoisotopic (exact) mass is 283 g/mol. The molecule has 0 aliphatic heterocycles. The minimum absolute atomic E-state index is 0.105. The first-order valence-electron chi connectivity index (χ1n) is 5.95. The van der Waals surface area contributed by atoms with Gasteiger partial charge in [-0.15, -0.1) is 0 Å². The first-order chi connectivity index (χ1) is 9.30. The van der Waals surface area contributed by atoms with E-state index in [0.717, 1.165) is 12.3 Å². The first kappa shape index (κ1) is 14.3. The number of aliphatic carboxylic acids is 1. The number of nitrogens with zero attached hydrogens (tertiary/aromatic N) is 1. The van der Waals surface area contributed by atoms with Crippen LogP contribution in [-0.2, 0) is 4.79 Å². The van der Waals surface area contributed by atoms with Crippen molar-refractivity contribution in [2.75, 3.05) is 0 Å². The second-order valence-electron chi connectivity index (χ2n) is 4.60. The second-order valence-corrected chi connectivity index (χ2v) is 4.60. The van der Waals surface area contributed by atoms with E-state index in [4.69, 9.17) is 5.11 Å². The predicted octanol–water partition coefficient (Wildman–Crippen LogP) is 3.60. The molecule has 0 spiro atoms. The number of hydrogen-bond donors (Lipinski definition) is 1. The number of carbonyl (C=O) groups is 1. The molecule has 0 saturated carbocycles. The Morgan fingerprint density at radius 1 is 1.30 bits per heavy atom. The SMILES string of the molecule is C[C@H]([C@@H](C(=O)O)c1ccc2cccnc2c1)C(F)(F)F. The van der Waals surface area contributed by atoms with Gasteiger partial charge in [0.05, 0.1) is 17.4 Å². The molecule has 20 heavy (non-hydrogen) atoms. The summed E-state index contributed by atoms with van der Waals surface area (Å²) in [6, 6.07) is 7.85. The maximum Gasteiger partial charge on any atom is 0.392 e. The summed E-state index contributed by atoms with van der Waals surface area (Å²) in [5, 5.41) is 9.86. The van der Waals surface area contributed by atoms with Gasteiger partial charge in [0.1, 0.15) is 0 Å². The number of benzene rings is 1. The standard InChI is InChI=1S/C14H12F3NO2/c1-8(14(15,16)17)12(13(19)20)10-5-4-9-3-2-6-18-11(9)7-10/h2-8,12H,1H3,(H,19,20)/t8-,12-/m1/s1.